The van der Waals surface area contributed by atoms with Gasteiger partial charge >= 0.3 is 0 Å². The molecule has 2 amide bonds. The van der Waals surface area contributed by atoms with Gasteiger partial charge in [-0.15, -0.1) is 0 Å². The molecule has 9 heteroatoms. The molecule has 0 spiro atoms. The molecule has 0 saturated carbocycles. The maximum absolute atomic E-state index is 14.0. The first-order valence-corrected chi connectivity index (χ1v) is 13.0. The molecule has 2 N–H and O–H groups in total. The van der Waals surface area contributed by atoms with E-state index in [0.717, 1.165) is 29.3 Å². The summed E-state index contributed by atoms with van der Waals surface area (Å²) in [5, 5.41) is 6.26. The highest BCUT2D eigenvalue weighted by molar-refractivity contribution is 6.15. The van der Waals surface area contributed by atoms with Crippen molar-refractivity contribution < 1.29 is 27.8 Å². The molecule has 0 unspecified atom stereocenters. The van der Waals surface area contributed by atoms with E-state index in [4.69, 9.17) is 9.47 Å². The number of hydrogen-bond acceptors (Lipinski definition) is 5. The molecule has 2 aliphatic rings. The number of amides is 2. The van der Waals surface area contributed by atoms with Crippen LogP contribution in [0.4, 0.5) is 20.2 Å². The predicted molar refractivity (Wildman–Crippen MR) is 150 cm³/mol. The molecule has 206 valence electrons. The zero-order chi connectivity index (χ0) is 28.5. The number of rotatable bonds is 6. The molecule has 7 nitrogen and oxygen atoms in total. The molecule has 4 aromatic rings. The van der Waals surface area contributed by atoms with Crippen molar-refractivity contribution in [3.05, 3.63) is 125 Å². The average Bonchev–Trinajstić information content (AvgIpc) is 3.35. The maximum Gasteiger partial charge on any atom is 0.274 e. The number of carbonyl (C=O) groups is 2. The quantitative estimate of drug-likeness (QED) is 0.306. The number of halogens is 2. The van der Waals surface area contributed by atoms with Crippen LogP contribution in [0.2, 0.25) is 0 Å². The minimum atomic E-state index is -0.789. The van der Waals surface area contributed by atoms with Gasteiger partial charge in [0.25, 0.3) is 5.91 Å². The van der Waals surface area contributed by atoms with Crippen LogP contribution in [0.3, 0.4) is 0 Å². The van der Waals surface area contributed by atoms with Gasteiger partial charge in [-0.2, -0.15) is 0 Å². The van der Waals surface area contributed by atoms with Crippen LogP contribution in [0.5, 0.6) is 11.5 Å². The highest BCUT2D eigenvalue weighted by atomic mass is 19.1. The van der Waals surface area contributed by atoms with E-state index >= 15 is 0 Å². The molecule has 6 rings (SSSR count). The minimum absolute atomic E-state index is 0.0398. The number of para-hydroxylation sites is 2. The van der Waals surface area contributed by atoms with Crippen LogP contribution in [-0.4, -0.2) is 23.5 Å². The summed E-state index contributed by atoms with van der Waals surface area (Å²) < 4.78 is 39.1. The van der Waals surface area contributed by atoms with E-state index in [1.807, 2.05) is 43.3 Å². The number of ether oxygens (including phenoxy) is 2. The van der Waals surface area contributed by atoms with Gasteiger partial charge in [0.1, 0.15) is 17.3 Å². The van der Waals surface area contributed by atoms with Crippen molar-refractivity contribution >= 4 is 28.9 Å². The smallest absolute Gasteiger partial charge is 0.274 e. The number of aryl methyl sites for hydroxylation is 1. The van der Waals surface area contributed by atoms with Gasteiger partial charge in [0.15, 0.2) is 11.5 Å². The predicted octanol–water partition coefficient (Wildman–Crippen LogP) is 6.01. The van der Waals surface area contributed by atoms with E-state index in [0.29, 0.717) is 34.1 Å². The van der Waals surface area contributed by atoms with Gasteiger partial charge in [0.05, 0.1) is 30.0 Å². The van der Waals surface area contributed by atoms with Crippen molar-refractivity contribution in [2.24, 2.45) is 0 Å². The highest BCUT2D eigenvalue weighted by Crippen LogP contribution is 2.38. The van der Waals surface area contributed by atoms with E-state index in [9.17, 15) is 18.4 Å². The standard InChI is InChI=1S/C32H25F2N3O4/c1-19-6-2-3-7-22(19)17-37(29(38)14-20-12-23(33)16-24(34)13-20)31-30(21-10-11-27-28(15-21)41-18-40-27)35-25-8-4-5-9-26(25)36-32(31)39/h2-13,15-16,35H,14,17-18H2,1H3,(H,36,39). The summed E-state index contributed by atoms with van der Waals surface area (Å²) in [5.41, 5.74) is 4.01. The van der Waals surface area contributed by atoms with Crippen molar-refractivity contribution in [1.82, 2.24) is 4.90 Å². The SMILES string of the molecule is Cc1ccccc1CN(C(=O)Cc1cc(F)cc(F)c1)C1=C(c2ccc3c(c2)OCO3)Nc2ccccc2NC1=O. The normalized spacial score (nSPS) is 13.7. The highest BCUT2D eigenvalue weighted by Gasteiger charge is 2.32. The number of benzene rings is 4. The van der Waals surface area contributed by atoms with Crippen molar-refractivity contribution in [1.29, 1.82) is 0 Å². The first-order valence-electron chi connectivity index (χ1n) is 13.0. The second-order valence-electron chi connectivity index (χ2n) is 9.78. The van der Waals surface area contributed by atoms with Crippen LogP contribution in [0.15, 0.2) is 90.6 Å². The molecular formula is C32H25F2N3O4. The van der Waals surface area contributed by atoms with Gasteiger partial charge in [-0.25, -0.2) is 8.78 Å². The molecule has 0 bridgehead atoms. The van der Waals surface area contributed by atoms with Crippen molar-refractivity contribution in [2.75, 3.05) is 17.4 Å². The van der Waals surface area contributed by atoms with Crippen LogP contribution in [0, 0.1) is 18.6 Å². The molecule has 0 radical (unpaired) electrons. The Morgan fingerprint density at radius 2 is 1.54 bits per heavy atom. The van der Waals surface area contributed by atoms with Crippen LogP contribution >= 0.6 is 0 Å². The van der Waals surface area contributed by atoms with Gasteiger partial charge in [0, 0.05) is 11.6 Å². The molecule has 41 heavy (non-hydrogen) atoms. The molecule has 4 aromatic carbocycles. The third-order valence-corrected chi connectivity index (χ3v) is 6.99. The summed E-state index contributed by atoms with van der Waals surface area (Å²) in [5.74, 6) is -1.56. The molecule has 0 fully saturated rings. The number of carbonyl (C=O) groups excluding carboxylic acids is 2. The van der Waals surface area contributed by atoms with Crippen molar-refractivity contribution in [3.63, 3.8) is 0 Å². The van der Waals surface area contributed by atoms with Crippen LogP contribution < -0.4 is 20.1 Å². The molecule has 0 aromatic heterocycles. The lowest BCUT2D eigenvalue weighted by atomic mass is 10.0. The average molecular weight is 554 g/mol. The summed E-state index contributed by atoms with van der Waals surface area (Å²) >= 11 is 0. The lowest BCUT2D eigenvalue weighted by molar-refractivity contribution is -0.131. The second-order valence-corrected chi connectivity index (χ2v) is 9.78. The lowest BCUT2D eigenvalue weighted by Gasteiger charge is -2.27. The summed E-state index contributed by atoms with van der Waals surface area (Å²) in [6.45, 7) is 2.02. The Morgan fingerprint density at radius 1 is 0.854 bits per heavy atom. The van der Waals surface area contributed by atoms with Gasteiger partial charge in [-0.1, -0.05) is 36.4 Å². The van der Waals surface area contributed by atoms with Gasteiger partial charge < -0.3 is 25.0 Å². The Bertz CT molecular complexity index is 1700. The molecule has 0 saturated heterocycles. The Balaban J connectivity index is 1.52. The van der Waals surface area contributed by atoms with Gasteiger partial charge in [0.2, 0.25) is 12.7 Å². The van der Waals surface area contributed by atoms with E-state index in [1.165, 1.54) is 4.90 Å². The Morgan fingerprint density at radius 3 is 2.29 bits per heavy atom. The Labute approximate surface area is 235 Å². The zero-order valence-electron chi connectivity index (χ0n) is 22.0. The second kappa shape index (κ2) is 10.8. The zero-order valence-corrected chi connectivity index (χ0v) is 22.0. The third-order valence-electron chi connectivity index (χ3n) is 6.99. The molecular weight excluding hydrogens is 528 g/mol. The summed E-state index contributed by atoms with van der Waals surface area (Å²) in [6.07, 6.45) is -0.335. The van der Waals surface area contributed by atoms with Crippen molar-refractivity contribution in [2.45, 2.75) is 19.9 Å². The van der Waals surface area contributed by atoms with Crippen LogP contribution in [0.25, 0.3) is 5.70 Å². The van der Waals surface area contributed by atoms with Crippen LogP contribution in [0.1, 0.15) is 22.3 Å². The summed E-state index contributed by atoms with van der Waals surface area (Å²) in [7, 11) is 0. The lowest BCUT2D eigenvalue weighted by Crippen LogP contribution is -2.37. The fraction of sp³-hybridized carbons (Fsp3) is 0.125. The Hall–Kier alpha value is -5.18. The fourth-order valence-corrected chi connectivity index (χ4v) is 4.94. The topological polar surface area (TPSA) is 79.9 Å². The van der Waals surface area contributed by atoms with Crippen LogP contribution in [-0.2, 0) is 22.6 Å². The Kier molecular flexibility index (Phi) is 6.84. The monoisotopic (exact) mass is 553 g/mol. The molecule has 2 aliphatic heterocycles. The summed E-state index contributed by atoms with van der Waals surface area (Å²) in [6, 6.07) is 22.9. The first-order chi connectivity index (χ1) is 19.9. The minimum Gasteiger partial charge on any atom is -0.454 e. The van der Waals surface area contributed by atoms with E-state index < -0.39 is 23.4 Å². The maximum atomic E-state index is 14.0. The molecule has 0 aliphatic carbocycles. The van der Waals surface area contributed by atoms with Crippen molar-refractivity contribution in [3.8, 4) is 11.5 Å². The van der Waals surface area contributed by atoms with E-state index in [2.05, 4.69) is 10.6 Å². The fourth-order valence-electron chi connectivity index (χ4n) is 4.94. The third kappa shape index (κ3) is 5.34. The number of nitrogens with one attached hydrogen (secondary N) is 2. The number of nitrogens with zero attached hydrogens (tertiary/aromatic N) is 1. The number of anilines is 2. The number of fused-ring (bicyclic) bond motifs is 2. The van der Waals surface area contributed by atoms with E-state index in [1.54, 1.807) is 30.3 Å². The molecule has 0 atom stereocenters. The summed E-state index contributed by atoms with van der Waals surface area (Å²) in [4.78, 5) is 29.4. The van der Waals surface area contributed by atoms with E-state index in [-0.39, 0.29) is 31.0 Å². The molecule has 2 heterocycles. The largest absolute Gasteiger partial charge is 0.454 e. The van der Waals surface area contributed by atoms with Gasteiger partial charge in [-0.3, -0.25) is 9.59 Å². The number of hydrogen-bond donors (Lipinski definition) is 2. The first kappa shape index (κ1) is 26.1. The van der Waals surface area contributed by atoms with Gasteiger partial charge in [-0.05, 0) is 66.1 Å².